The Morgan fingerprint density at radius 3 is 2.81 bits per heavy atom. The van der Waals surface area contributed by atoms with Crippen LogP contribution in [0.25, 0.3) is 0 Å². The summed E-state index contributed by atoms with van der Waals surface area (Å²) in [7, 11) is 0. The molecule has 2 aliphatic rings. The molecule has 0 saturated heterocycles. The molecule has 1 heterocycles. The summed E-state index contributed by atoms with van der Waals surface area (Å²) in [4.78, 5) is 12.9. The number of nitrogens with zero attached hydrogens (tertiary/aromatic N) is 2. The Labute approximate surface area is 127 Å². The molecule has 4 heteroatoms. The van der Waals surface area contributed by atoms with Crippen LogP contribution in [-0.4, -0.2) is 17.9 Å². The zero-order valence-electron chi connectivity index (χ0n) is 11.3. The van der Waals surface area contributed by atoms with Gasteiger partial charge >= 0.3 is 0 Å². The Kier molecular flexibility index (Phi) is 2.73. The van der Waals surface area contributed by atoms with E-state index < -0.39 is 5.54 Å². The van der Waals surface area contributed by atoms with E-state index in [1.807, 2.05) is 48.5 Å². The van der Waals surface area contributed by atoms with Crippen LogP contribution in [0.3, 0.4) is 0 Å². The number of hydrogen-bond donors (Lipinski definition) is 0. The smallest absolute Gasteiger partial charge is 0.193 e. The first-order valence-electron chi connectivity index (χ1n) is 6.97. The van der Waals surface area contributed by atoms with E-state index in [-0.39, 0.29) is 11.7 Å². The molecular weight excluding hydrogens is 284 g/mol. The van der Waals surface area contributed by atoms with E-state index in [1.54, 1.807) is 0 Å². The molecule has 0 radical (unpaired) electrons. The second-order valence-electron chi connectivity index (χ2n) is 5.62. The van der Waals surface area contributed by atoms with Gasteiger partial charge in [-0.3, -0.25) is 4.79 Å². The molecule has 0 saturated carbocycles. The van der Waals surface area contributed by atoms with Gasteiger partial charge in [-0.05, 0) is 23.3 Å². The third kappa shape index (κ3) is 1.77. The van der Waals surface area contributed by atoms with Crippen LogP contribution >= 0.6 is 11.6 Å². The van der Waals surface area contributed by atoms with Gasteiger partial charge in [0.15, 0.2) is 11.3 Å². The summed E-state index contributed by atoms with van der Waals surface area (Å²) in [5, 5.41) is 9.26. The van der Waals surface area contributed by atoms with Crippen molar-refractivity contribution >= 4 is 17.4 Å². The Bertz CT molecular complexity index is 771. The molecule has 1 aliphatic carbocycles. The summed E-state index contributed by atoms with van der Waals surface area (Å²) in [6, 6.07) is 15.4. The molecule has 1 spiro atoms. The molecule has 104 valence electrons. The molecule has 3 nitrogen and oxygen atoms in total. The lowest BCUT2D eigenvalue weighted by Gasteiger charge is -2.25. The van der Waals surface area contributed by atoms with Crippen molar-refractivity contribution in [2.24, 2.45) is 10.2 Å². The fraction of sp³-hybridized carbons (Fsp3) is 0.235. The first-order valence-corrected chi connectivity index (χ1v) is 7.35. The topological polar surface area (TPSA) is 41.8 Å². The number of rotatable bonds is 1. The third-order valence-electron chi connectivity index (χ3n) is 4.46. The average Bonchev–Trinajstić information content (AvgIpc) is 3.03. The van der Waals surface area contributed by atoms with Gasteiger partial charge < -0.3 is 0 Å². The van der Waals surface area contributed by atoms with Crippen LogP contribution in [0.1, 0.15) is 27.4 Å². The van der Waals surface area contributed by atoms with Crippen molar-refractivity contribution in [3.8, 4) is 0 Å². The highest BCUT2D eigenvalue weighted by Crippen LogP contribution is 2.46. The van der Waals surface area contributed by atoms with Gasteiger partial charge in [0.05, 0.1) is 6.54 Å². The molecule has 2 aromatic rings. The van der Waals surface area contributed by atoms with Gasteiger partial charge in [0.25, 0.3) is 0 Å². The third-order valence-corrected chi connectivity index (χ3v) is 4.69. The maximum absolute atomic E-state index is 12.9. The van der Waals surface area contributed by atoms with Crippen molar-refractivity contribution in [1.29, 1.82) is 0 Å². The zero-order chi connectivity index (χ0) is 14.4. The maximum atomic E-state index is 12.9. The van der Waals surface area contributed by atoms with E-state index in [4.69, 9.17) is 11.6 Å². The molecule has 2 atom stereocenters. The second kappa shape index (κ2) is 4.50. The van der Waals surface area contributed by atoms with Crippen molar-refractivity contribution < 1.29 is 4.79 Å². The fourth-order valence-electron chi connectivity index (χ4n) is 3.44. The van der Waals surface area contributed by atoms with Gasteiger partial charge in [0.1, 0.15) is 0 Å². The number of fused-ring (bicyclic) bond motifs is 1. The zero-order valence-corrected chi connectivity index (χ0v) is 12.0. The molecule has 0 amide bonds. The van der Waals surface area contributed by atoms with Crippen molar-refractivity contribution in [2.75, 3.05) is 6.54 Å². The Morgan fingerprint density at radius 1 is 1.14 bits per heavy atom. The predicted molar refractivity (Wildman–Crippen MR) is 81.1 cm³/mol. The molecule has 0 fully saturated rings. The van der Waals surface area contributed by atoms with Crippen molar-refractivity contribution in [1.82, 2.24) is 0 Å². The quantitative estimate of drug-likeness (QED) is 0.782. The largest absolute Gasteiger partial charge is 0.291 e. The lowest BCUT2D eigenvalue weighted by Crippen LogP contribution is -2.38. The van der Waals surface area contributed by atoms with Gasteiger partial charge in [-0.2, -0.15) is 10.2 Å². The van der Waals surface area contributed by atoms with Crippen LogP contribution < -0.4 is 0 Å². The van der Waals surface area contributed by atoms with Crippen LogP contribution in [0.15, 0.2) is 58.8 Å². The number of ketones is 1. The summed E-state index contributed by atoms with van der Waals surface area (Å²) < 4.78 is 0. The van der Waals surface area contributed by atoms with Gasteiger partial charge in [-0.25, -0.2) is 0 Å². The second-order valence-corrected chi connectivity index (χ2v) is 6.06. The molecule has 0 aromatic heterocycles. The van der Waals surface area contributed by atoms with Crippen LogP contribution in [0.4, 0.5) is 0 Å². The summed E-state index contributed by atoms with van der Waals surface area (Å²) >= 11 is 6.10. The fourth-order valence-corrected chi connectivity index (χ4v) is 3.63. The highest BCUT2D eigenvalue weighted by molar-refractivity contribution is 6.30. The standard InChI is InChI=1S/C17H13ClN2O/c18-13-6-3-5-11(8-13)15-10-19-20-17(15)9-12-4-1-2-7-14(12)16(17)21/h1-8,15H,9-10H2/t15-,17+/m0/s1. The van der Waals surface area contributed by atoms with Gasteiger partial charge in [-0.15, -0.1) is 0 Å². The highest BCUT2D eigenvalue weighted by Gasteiger charge is 2.54. The summed E-state index contributed by atoms with van der Waals surface area (Å²) in [6.45, 7) is 0.542. The molecule has 0 unspecified atom stereocenters. The Hall–Kier alpha value is -2.00. The molecule has 21 heavy (non-hydrogen) atoms. The molecule has 0 bridgehead atoms. The lowest BCUT2D eigenvalue weighted by atomic mass is 9.78. The lowest BCUT2D eigenvalue weighted by molar-refractivity contribution is 0.0897. The Balaban J connectivity index is 1.81. The number of carbonyl (C=O) groups excluding carboxylic acids is 1. The number of Topliss-reactive ketones (excluding diaryl/α,β-unsaturated/α-hetero) is 1. The van der Waals surface area contributed by atoms with E-state index >= 15 is 0 Å². The monoisotopic (exact) mass is 296 g/mol. The highest BCUT2D eigenvalue weighted by atomic mass is 35.5. The normalized spacial score (nSPS) is 26.5. The van der Waals surface area contributed by atoms with Crippen LogP contribution in [0.5, 0.6) is 0 Å². The molecule has 0 N–H and O–H groups in total. The molecule has 2 aromatic carbocycles. The minimum absolute atomic E-state index is 0.0314. The number of benzene rings is 2. The van der Waals surface area contributed by atoms with Crippen LogP contribution in [0, 0.1) is 0 Å². The Morgan fingerprint density at radius 2 is 2.00 bits per heavy atom. The number of halogens is 1. The summed E-state index contributed by atoms with van der Waals surface area (Å²) in [5.74, 6) is 0.0559. The van der Waals surface area contributed by atoms with E-state index in [0.29, 0.717) is 18.0 Å². The van der Waals surface area contributed by atoms with E-state index in [1.165, 1.54) is 0 Å². The number of azo groups is 1. The minimum atomic E-state index is -0.769. The first-order chi connectivity index (χ1) is 10.2. The van der Waals surface area contributed by atoms with Gasteiger partial charge in [0.2, 0.25) is 0 Å². The first kappa shape index (κ1) is 12.7. The van der Waals surface area contributed by atoms with Gasteiger partial charge in [0, 0.05) is 22.9 Å². The van der Waals surface area contributed by atoms with Crippen LogP contribution in [-0.2, 0) is 6.42 Å². The SMILES string of the molecule is O=C1c2ccccc2C[C@]12N=NC[C@H]2c1cccc(Cl)c1. The van der Waals surface area contributed by atoms with Crippen molar-refractivity contribution in [2.45, 2.75) is 17.9 Å². The average molecular weight is 297 g/mol. The minimum Gasteiger partial charge on any atom is -0.291 e. The van der Waals surface area contributed by atoms with E-state index in [2.05, 4.69) is 10.2 Å². The molecular formula is C17H13ClN2O. The summed E-state index contributed by atoms with van der Waals surface area (Å²) in [6.07, 6.45) is 0.628. The van der Waals surface area contributed by atoms with Gasteiger partial charge in [-0.1, -0.05) is 48.0 Å². The molecule has 1 aliphatic heterocycles. The summed E-state index contributed by atoms with van der Waals surface area (Å²) in [5.41, 5.74) is 2.11. The number of hydrogen-bond acceptors (Lipinski definition) is 3. The van der Waals surface area contributed by atoms with Crippen molar-refractivity contribution in [3.63, 3.8) is 0 Å². The molecule has 4 rings (SSSR count). The maximum Gasteiger partial charge on any atom is 0.193 e. The van der Waals surface area contributed by atoms with E-state index in [0.717, 1.165) is 16.7 Å². The predicted octanol–water partition coefficient (Wildman–Crippen LogP) is 4.07. The van der Waals surface area contributed by atoms with Crippen LogP contribution in [0.2, 0.25) is 5.02 Å². The van der Waals surface area contributed by atoms with E-state index in [9.17, 15) is 4.79 Å². The number of carbonyl (C=O) groups is 1. The van der Waals surface area contributed by atoms with Crippen molar-refractivity contribution in [3.05, 3.63) is 70.2 Å².